The molecule has 0 spiro atoms. The van der Waals surface area contributed by atoms with Gasteiger partial charge in [0.2, 0.25) is 17.7 Å². The van der Waals surface area contributed by atoms with Crippen molar-refractivity contribution >= 4 is 63.7 Å². The van der Waals surface area contributed by atoms with Crippen LogP contribution in [0.15, 0.2) is 78.4 Å². The molecule has 7 rings (SSSR count). The highest BCUT2D eigenvalue weighted by Crippen LogP contribution is 2.44. The minimum Gasteiger partial charge on any atom is -0.494 e. The molecular weight excluding hydrogens is 1040 g/mol. The topological polar surface area (TPSA) is 170 Å². The standard InChI is InChI=1S/C53H53F7N8O6S2/c1-30-44(76-29-64-30)33-13-11-31(12-14-33)26-63-46(70)39-10-9-21-66(39)47(71)45(50(2,3)4)65-40(69)28-73-22-7-8-23-74-36-18-15-32(16-19-36)43-37(52(55,56)57)24-35(27-62-43)68-49(75)67(48(72)51(68,5)6)38-20-17-34(25-61)41(42(38)54)53(58,59)60/h11-20,24,27,29,39,45H,7-10,21-23,26,28H2,1-6H3,(H,63,70)(H,65,69)/t39-,45?/m0/s1. The summed E-state index contributed by atoms with van der Waals surface area (Å²) in [5, 5.41) is 14.3. The number of ether oxygens (including phenoxy) is 2. The number of unbranched alkanes of at least 4 members (excludes halogenated alkanes) is 1. The molecule has 14 nitrogen and oxygen atoms in total. The zero-order valence-corrected chi connectivity index (χ0v) is 43.8. The number of nitrogens with one attached hydrogen (secondary N) is 2. The number of hydrogen-bond acceptors (Lipinski definition) is 11. The van der Waals surface area contributed by atoms with E-state index in [1.54, 1.807) is 16.8 Å². The fourth-order valence-corrected chi connectivity index (χ4v) is 10.2. The third-order valence-corrected chi connectivity index (χ3v) is 14.2. The van der Waals surface area contributed by atoms with Crippen molar-refractivity contribution in [1.29, 1.82) is 5.26 Å². The van der Waals surface area contributed by atoms with E-state index in [2.05, 4.69) is 20.6 Å². The largest absolute Gasteiger partial charge is 0.494 e. The SMILES string of the molecule is Cc1ncsc1-c1ccc(CNC(=O)[C@@H]2CCCN2C(=O)C(NC(=O)COCCCCOc2ccc(-c3ncc(N4C(=S)N(c5ccc(C#N)c(C(F)(F)F)c5F)C(=O)C4(C)C)cc3C(F)(F)F)cc2)C(C)(C)C)cc1. The number of thiocarbonyl (C=S) groups is 1. The number of nitrogens with zero attached hydrogens (tertiary/aromatic N) is 6. The van der Waals surface area contributed by atoms with Crippen LogP contribution in [-0.4, -0.2) is 87.6 Å². The van der Waals surface area contributed by atoms with Crippen molar-refractivity contribution in [1.82, 2.24) is 25.5 Å². The summed E-state index contributed by atoms with van der Waals surface area (Å²) in [5.41, 5.74) is -3.81. The quantitative estimate of drug-likeness (QED) is 0.0516. The van der Waals surface area contributed by atoms with Gasteiger partial charge in [0.25, 0.3) is 5.91 Å². The number of amides is 4. The molecule has 2 aromatic heterocycles. The van der Waals surface area contributed by atoms with Crippen LogP contribution in [0, 0.1) is 29.5 Å². The molecule has 4 amide bonds. The summed E-state index contributed by atoms with van der Waals surface area (Å²) in [6.45, 7) is 10.6. The predicted molar refractivity (Wildman–Crippen MR) is 273 cm³/mol. The number of alkyl halides is 6. The van der Waals surface area contributed by atoms with Crippen LogP contribution in [0.3, 0.4) is 0 Å². The van der Waals surface area contributed by atoms with Gasteiger partial charge in [-0.15, -0.1) is 11.3 Å². The molecule has 2 fully saturated rings. The molecule has 0 bridgehead atoms. The first-order valence-electron chi connectivity index (χ1n) is 24.0. The molecule has 1 unspecified atom stereocenters. The Balaban J connectivity index is 0.888. The lowest BCUT2D eigenvalue weighted by Gasteiger charge is -2.35. The number of carbonyl (C=O) groups excluding carboxylic acids is 4. The Morgan fingerprint density at radius 2 is 1.62 bits per heavy atom. The number of nitriles is 1. The third kappa shape index (κ3) is 12.3. The number of halogens is 7. The molecule has 23 heteroatoms. The second-order valence-corrected chi connectivity index (χ2v) is 20.9. The van der Waals surface area contributed by atoms with E-state index in [4.69, 9.17) is 21.7 Å². The first kappa shape index (κ1) is 56.7. The van der Waals surface area contributed by atoms with Crippen LogP contribution in [0.2, 0.25) is 0 Å². The maximum absolute atomic E-state index is 15.5. The Hall–Kier alpha value is -7.03. The Kier molecular flexibility index (Phi) is 16.9. The minimum atomic E-state index is -5.33. The molecule has 2 aliphatic heterocycles. The Morgan fingerprint density at radius 1 is 0.947 bits per heavy atom. The first-order chi connectivity index (χ1) is 35.7. The highest BCUT2D eigenvalue weighted by atomic mass is 32.1. The van der Waals surface area contributed by atoms with Crippen molar-refractivity contribution in [2.75, 3.05) is 36.2 Å². The summed E-state index contributed by atoms with van der Waals surface area (Å²) in [6.07, 6.45) is -7.27. The molecule has 0 radical (unpaired) electrons. The summed E-state index contributed by atoms with van der Waals surface area (Å²) >= 11 is 6.95. The lowest BCUT2D eigenvalue weighted by Crippen LogP contribution is -2.58. The maximum atomic E-state index is 15.5. The smallest absolute Gasteiger partial charge is 0.420 e. The van der Waals surface area contributed by atoms with E-state index in [9.17, 15) is 50.8 Å². The van der Waals surface area contributed by atoms with E-state index in [0.717, 1.165) is 38.9 Å². The van der Waals surface area contributed by atoms with Gasteiger partial charge in [-0.25, -0.2) is 9.37 Å². The summed E-state index contributed by atoms with van der Waals surface area (Å²) < 4.78 is 112. The average molecular weight is 1100 g/mol. The molecule has 402 valence electrons. The van der Waals surface area contributed by atoms with Gasteiger partial charge in [0, 0.05) is 25.3 Å². The second-order valence-electron chi connectivity index (χ2n) is 19.7. The van der Waals surface area contributed by atoms with E-state index in [0.29, 0.717) is 55.0 Å². The van der Waals surface area contributed by atoms with E-state index >= 15 is 4.39 Å². The lowest BCUT2D eigenvalue weighted by atomic mass is 9.85. The average Bonchev–Trinajstić information content (AvgIpc) is 4.14. The summed E-state index contributed by atoms with van der Waals surface area (Å²) in [6, 6.07) is 15.2. The van der Waals surface area contributed by atoms with Crippen LogP contribution in [0.25, 0.3) is 21.7 Å². The number of likely N-dealkylation sites (tertiary alicyclic amines) is 1. The van der Waals surface area contributed by atoms with Gasteiger partial charge in [-0.2, -0.15) is 31.6 Å². The molecule has 3 aromatic carbocycles. The molecule has 2 atom stereocenters. The minimum absolute atomic E-state index is 0.0376. The van der Waals surface area contributed by atoms with Gasteiger partial charge in [-0.05, 0) is 118 Å². The number of rotatable bonds is 17. The van der Waals surface area contributed by atoms with Crippen LogP contribution >= 0.6 is 23.6 Å². The first-order valence-corrected chi connectivity index (χ1v) is 25.3. The Bertz CT molecular complexity index is 3040. The number of aromatic nitrogens is 2. The van der Waals surface area contributed by atoms with Crippen LogP contribution in [0.1, 0.15) is 88.2 Å². The Labute approximate surface area is 443 Å². The van der Waals surface area contributed by atoms with Crippen LogP contribution in [-0.2, 0) is 42.8 Å². The molecular formula is C53H53F7N8O6S2. The normalized spacial score (nSPS) is 16.2. The van der Waals surface area contributed by atoms with Crippen molar-refractivity contribution in [3.05, 3.63) is 112 Å². The second kappa shape index (κ2) is 22.7. The number of pyridine rings is 1. The molecule has 5 aromatic rings. The molecule has 0 aliphatic carbocycles. The number of carbonyl (C=O) groups is 4. The zero-order valence-electron chi connectivity index (χ0n) is 42.1. The molecule has 2 N–H and O–H groups in total. The van der Waals surface area contributed by atoms with Gasteiger partial charge in [0.15, 0.2) is 10.9 Å². The van der Waals surface area contributed by atoms with Crippen LogP contribution in [0.4, 0.5) is 42.1 Å². The fourth-order valence-electron chi connectivity index (χ4n) is 8.92. The van der Waals surface area contributed by atoms with E-state index < -0.39 is 86.2 Å². The number of aryl methyl sites for hydroxylation is 1. The summed E-state index contributed by atoms with van der Waals surface area (Å²) in [4.78, 5) is 66.5. The van der Waals surface area contributed by atoms with Gasteiger partial charge < -0.3 is 29.9 Å². The van der Waals surface area contributed by atoms with Gasteiger partial charge >= 0.3 is 12.4 Å². The fraction of sp³-hybridized carbons (Fsp3) is 0.396. The molecule has 4 heterocycles. The van der Waals surface area contributed by atoms with Gasteiger partial charge in [-0.1, -0.05) is 45.0 Å². The third-order valence-electron chi connectivity index (χ3n) is 12.9. The van der Waals surface area contributed by atoms with Gasteiger partial charge in [-0.3, -0.25) is 29.1 Å². The van der Waals surface area contributed by atoms with E-state index in [1.807, 2.05) is 52.0 Å². The summed E-state index contributed by atoms with van der Waals surface area (Å²) in [5.74, 6) is -3.83. The molecule has 0 saturated carbocycles. The highest BCUT2D eigenvalue weighted by molar-refractivity contribution is 7.81. The van der Waals surface area contributed by atoms with Crippen LogP contribution in [0.5, 0.6) is 5.75 Å². The Morgan fingerprint density at radius 3 is 2.24 bits per heavy atom. The number of hydrogen-bond donors (Lipinski definition) is 2. The highest BCUT2D eigenvalue weighted by Gasteiger charge is 2.53. The molecule has 2 aliphatic rings. The van der Waals surface area contributed by atoms with Crippen molar-refractivity contribution in [2.24, 2.45) is 5.41 Å². The zero-order chi connectivity index (χ0) is 55.5. The van der Waals surface area contributed by atoms with E-state index in [1.165, 1.54) is 49.1 Å². The van der Waals surface area contributed by atoms with Crippen molar-refractivity contribution < 1.29 is 59.4 Å². The maximum Gasteiger partial charge on any atom is 0.420 e. The lowest BCUT2D eigenvalue weighted by molar-refractivity contribution is -0.144. The van der Waals surface area contributed by atoms with Crippen LogP contribution < -0.4 is 25.2 Å². The van der Waals surface area contributed by atoms with Crippen molar-refractivity contribution in [3.8, 4) is 33.5 Å². The predicted octanol–water partition coefficient (Wildman–Crippen LogP) is 10.2. The molecule has 76 heavy (non-hydrogen) atoms. The van der Waals surface area contributed by atoms with Crippen molar-refractivity contribution in [3.63, 3.8) is 0 Å². The van der Waals surface area contributed by atoms with Crippen molar-refractivity contribution in [2.45, 2.75) is 104 Å². The summed E-state index contributed by atoms with van der Waals surface area (Å²) in [7, 11) is 0. The monoisotopic (exact) mass is 1090 g/mol. The number of benzene rings is 3. The van der Waals surface area contributed by atoms with Gasteiger partial charge in [0.05, 0.1) is 63.2 Å². The number of thiazole rings is 1. The molecule has 2 saturated heterocycles. The van der Waals surface area contributed by atoms with E-state index in [-0.39, 0.29) is 49.4 Å². The number of anilines is 2. The van der Waals surface area contributed by atoms with Gasteiger partial charge in [0.1, 0.15) is 35.5 Å².